The highest BCUT2D eigenvalue weighted by Crippen LogP contribution is 2.27. The van der Waals surface area contributed by atoms with Crippen molar-refractivity contribution < 1.29 is 9.18 Å². The Bertz CT molecular complexity index is 1040. The van der Waals surface area contributed by atoms with Crippen LogP contribution >= 0.6 is 24.8 Å². The SMILES string of the molecule is Cc1nc2c(cc1C(=O)N1CCNCC1c1cccc(F)c1)c(C)nn2C.Cl.Cl. The van der Waals surface area contributed by atoms with Gasteiger partial charge in [-0.15, -0.1) is 24.8 Å². The van der Waals surface area contributed by atoms with Gasteiger partial charge in [0.05, 0.1) is 23.0 Å². The number of nitrogens with one attached hydrogen (secondary N) is 1. The number of amides is 1. The van der Waals surface area contributed by atoms with Gasteiger partial charge >= 0.3 is 0 Å². The molecule has 1 fully saturated rings. The molecule has 3 aromatic rings. The molecule has 3 heterocycles. The Morgan fingerprint density at radius 2 is 1.97 bits per heavy atom. The van der Waals surface area contributed by atoms with E-state index >= 15 is 0 Å². The third-order valence-electron chi connectivity index (χ3n) is 5.16. The zero-order valence-electron chi connectivity index (χ0n) is 16.5. The van der Waals surface area contributed by atoms with Crippen LogP contribution in [-0.4, -0.2) is 45.2 Å². The minimum Gasteiger partial charge on any atom is -0.329 e. The van der Waals surface area contributed by atoms with Crippen molar-refractivity contribution in [2.45, 2.75) is 19.9 Å². The van der Waals surface area contributed by atoms with Crippen molar-refractivity contribution in [2.24, 2.45) is 7.05 Å². The van der Waals surface area contributed by atoms with Crippen LogP contribution in [0.4, 0.5) is 4.39 Å². The summed E-state index contributed by atoms with van der Waals surface area (Å²) in [6.07, 6.45) is 0. The highest BCUT2D eigenvalue weighted by Gasteiger charge is 2.30. The van der Waals surface area contributed by atoms with E-state index in [-0.39, 0.29) is 42.6 Å². The number of halogens is 3. The molecule has 1 aliphatic heterocycles. The van der Waals surface area contributed by atoms with E-state index < -0.39 is 0 Å². The Morgan fingerprint density at radius 3 is 2.69 bits per heavy atom. The normalized spacial score (nSPS) is 16.3. The van der Waals surface area contributed by atoms with Crippen molar-refractivity contribution in [3.8, 4) is 0 Å². The quantitative estimate of drug-likeness (QED) is 0.664. The number of hydrogen-bond donors (Lipinski definition) is 1. The smallest absolute Gasteiger partial charge is 0.256 e. The summed E-state index contributed by atoms with van der Waals surface area (Å²) in [5, 5.41) is 8.57. The molecule has 29 heavy (non-hydrogen) atoms. The third-order valence-corrected chi connectivity index (χ3v) is 5.16. The van der Waals surface area contributed by atoms with Gasteiger partial charge in [0.1, 0.15) is 5.82 Å². The predicted octanol–water partition coefficient (Wildman–Crippen LogP) is 3.35. The first kappa shape index (κ1) is 23.1. The monoisotopic (exact) mass is 439 g/mol. The zero-order chi connectivity index (χ0) is 19.1. The summed E-state index contributed by atoms with van der Waals surface area (Å²) in [5.74, 6) is -0.378. The van der Waals surface area contributed by atoms with E-state index in [9.17, 15) is 9.18 Å². The number of aromatic nitrogens is 3. The number of carbonyl (C=O) groups excluding carboxylic acids is 1. The molecule has 0 bridgehead atoms. The van der Waals surface area contributed by atoms with Crippen molar-refractivity contribution in [1.29, 1.82) is 0 Å². The average molecular weight is 440 g/mol. The Balaban J connectivity index is 0.00000150. The number of fused-ring (bicyclic) bond motifs is 1. The number of rotatable bonds is 2. The molecule has 0 spiro atoms. The highest BCUT2D eigenvalue weighted by atomic mass is 35.5. The molecule has 0 radical (unpaired) electrons. The first-order valence-electron chi connectivity index (χ1n) is 9.04. The van der Waals surface area contributed by atoms with Gasteiger partial charge in [0, 0.05) is 32.1 Å². The van der Waals surface area contributed by atoms with Gasteiger partial charge in [0.15, 0.2) is 5.65 Å². The molecule has 1 atom stereocenters. The summed E-state index contributed by atoms with van der Waals surface area (Å²) < 4.78 is 15.4. The Morgan fingerprint density at radius 1 is 1.21 bits per heavy atom. The summed E-state index contributed by atoms with van der Waals surface area (Å²) in [4.78, 5) is 19.8. The Labute approximate surface area is 181 Å². The van der Waals surface area contributed by atoms with Crippen molar-refractivity contribution in [2.75, 3.05) is 19.6 Å². The third kappa shape index (κ3) is 4.22. The van der Waals surface area contributed by atoms with Crippen LogP contribution in [0, 0.1) is 19.7 Å². The maximum absolute atomic E-state index is 13.7. The second-order valence-electron chi connectivity index (χ2n) is 6.97. The number of benzene rings is 1. The molecule has 2 aromatic heterocycles. The van der Waals surface area contributed by atoms with E-state index in [0.29, 0.717) is 30.9 Å². The first-order chi connectivity index (χ1) is 13.0. The van der Waals surface area contributed by atoms with Crippen LogP contribution in [0.5, 0.6) is 0 Å². The summed E-state index contributed by atoms with van der Waals surface area (Å²) in [6, 6.07) is 8.12. The highest BCUT2D eigenvalue weighted by molar-refractivity contribution is 5.99. The van der Waals surface area contributed by atoms with Crippen molar-refractivity contribution >= 4 is 41.8 Å². The number of pyridine rings is 1. The molecule has 1 aromatic carbocycles. The number of nitrogens with zero attached hydrogens (tertiary/aromatic N) is 4. The Hall–Kier alpha value is -2.22. The lowest BCUT2D eigenvalue weighted by Crippen LogP contribution is -2.48. The summed E-state index contributed by atoms with van der Waals surface area (Å²) in [5.41, 5.74) is 3.65. The molecule has 4 rings (SSSR count). The van der Waals surface area contributed by atoms with Gasteiger partial charge in [-0.2, -0.15) is 5.10 Å². The Kier molecular flexibility index (Phi) is 7.21. The van der Waals surface area contributed by atoms with Crippen LogP contribution in [0.25, 0.3) is 11.0 Å². The topological polar surface area (TPSA) is 63.1 Å². The second-order valence-corrected chi connectivity index (χ2v) is 6.97. The van der Waals surface area contributed by atoms with Gasteiger partial charge in [-0.05, 0) is 37.6 Å². The minimum absolute atomic E-state index is 0. The van der Waals surface area contributed by atoms with Gasteiger partial charge in [0.25, 0.3) is 5.91 Å². The van der Waals surface area contributed by atoms with Crippen LogP contribution in [0.15, 0.2) is 30.3 Å². The standard InChI is InChI=1S/C20H22FN5O.2ClH/c1-12-17(10-16-13(2)24-25(3)19(16)23-12)20(27)26-8-7-22-11-18(26)14-5-4-6-15(21)9-14;;/h4-6,9-10,18,22H,7-8,11H2,1-3H3;2*1H. The van der Waals surface area contributed by atoms with E-state index in [1.54, 1.807) is 10.7 Å². The van der Waals surface area contributed by atoms with Crippen molar-refractivity contribution in [3.63, 3.8) is 0 Å². The molecule has 0 aliphatic carbocycles. The summed E-state index contributed by atoms with van der Waals surface area (Å²) in [7, 11) is 1.85. The van der Waals surface area contributed by atoms with Crippen LogP contribution in [0.2, 0.25) is 0 Å². The molecule has 6 nitrogen and oxygen atoms in total. The van der Waals surface area contributed by atoms with Gasteiger partial charge in [-0.3, -0.25) is 9.48 Å². The van der Waals surface area contributed by atoms with Gasteiger partial charge in [-0.25, -0.2) is 9.37 Å². The average Bonchev–Trinajstić information content (AvgIpc) is 2.93. The van der Waals surface area contributed by atoms with E-state index in [0.717, 1.165) is 22.3 Å². The lowest BCUT2D eigenvalue weighted by atomic mass is 10.0. The number of aryl methyl sites for hydroxylation is 3. The molecule has 1 unspecified atom stereocenters. The summed E-state index contributed by atoms with van der Waals surface area (Å²) >= 11 is 0. The largest absolute Gasteiger partial charge is 0.329 e. The number of hydrogen-bond acceptors (Lipinski definition) is 4. The molecule has 9 heteroatoms. The maximum atomic E-state index is 13.7. The maximum Gasteiger partial charge on any atom is 0.256 e. The lowest BCUT2D eigenvalue weighted by Gasteiger charge is -2.36. The molecule has 1 amide bonds. The van der Waals surface area contributed by atoms with Crippen LogP contribution in [-0.2, 0) is 7.05 Å². The molecule has 0 saturated carbocycles. The van der Waals surface area contributed by atoms with Gasteiger partial charge < -0.3 is 10.2 Å². The molecule has 1 N–H and O–H groups in total. The van der Waals surface area contributed by atoms with E-state index in [1.165, 1.54) is 12.1 Å². The minimum atomic E-state index is -0.296. The fourth-order valence-corrected chi connectivity index (χ4v) is 3.76. The second kappa shape index (κ2) is 9.07. The number of carbonyl (C=O) groups is 1. The predicted molar refractivity (Wildman–Crippen MR) is 116 cm³/mol. The summed E-state index contributed by atoms with van der Waals surface area (Å²) in [6.45, 7) is 5.61. The van der Waals surface area contributed by atoms with Crippen LogP contribution < -0.4 is 5.32 Å². The van der Waals surface area contributed by atoms with E-state index in [2.05, 4.69) is 15.4 Å². The zero-order valence-corrected chi connectivity index (χ0v) is 18.1. The van der Waals surface area contributed by atoms with E-state index in [4.69, 9.17) is 0 Å². The van der Waals surface area contributed by atoms with Crippen LogP contribution in [0.1, 0.15) is 33.4 Å². The fourth-order valence-electron chi connectivity index (χ4n) is 3.76. The van der Waals surface area contributed by atoms with Crippen LogP contribution in [0.3, 0.4) is 0 Å². The fraction of sp³-hybridized carbons (Fsp3) is 0.350. The molecule has 1 saturated heterocycles. The molecule has 156 valence electrons. The van der Waals surface area contributed by atoms with Crippen molar-refractivity contribution in [1.82, 2.24) is 25.0 Å². The molecular weight excluding hydrogens is 416 g/mol. The molecular formula is C20H24Cl2FN5O. The van der Waals surface area contributed by atoms with Gasteiger partial charge in [-0.1, -0.05) is 12.1 Å². The first-order valence-corrected chi connectivity index (χ1v) is 9.04. The van der Waals surface area contributed by atoms with E-state index in [1.807, 2.05) is 37.9 Å². The molecule has 1 aliphatic rings. The lowest BCUT2D eigenvalue weighted by molar-refractivity contribution is 0.0633. The van der Waals surface area contributed by atoms with Gasteiger partial charge in [0.2, 0.25) is 0 Å². The van der Waals surface area contributed by atoms with Crippen molar-refractivity contribution in [3.05, 3.63) is 58.7 Å². The number of piperazine rings is 1.